The molecule has 5 heterocycles. The number of imidazole rings is 1. The molecule has 0 atom stereocenters. The number of rotatable bonds is 5. The molecule has 0 fully saturated rings. The highest BCUT2D eigenvalue weighted by molar-refractivity contribution is 5.95. The lowest BCUT2D eigenvalue weighted by molar-refractivity contribution is 1.10. The molecule has 5 aromatic heterocycles. The highest BCUT2D eigenvalue weighted by atomic mass is 15.2. The van der Waals surface area contributed by atoms with E-state index in [1.54, 1.807) is 24.8 Å². The number of aromatic amines is 2. The van der Waals surface area contributed by atoms with Crippen molar-refractivity contribution in [2.75, 3.05) is 0 Å². The number of fused-ring (bicyclic) bond motifs is 2. The van der Waals surface area contributed by atoms with Crippen LogP contribution in [0.1, 0.15) is 12.6 Å². The Morgan fingerprint density at radius 2 is 2.00 bits per heavy atom. The van der Waals surface area contributed by atoms with Gasteiger partial charge in [0.25, 0.3) is 0 Å². The van der Waals surface area contributed by atoms with Gasteiger partial charge in [-0.1, -0.05) is 6.07 Å². The summed E-state index contributed by atoms with van der Waals surface area (Å²) in [7, 11) is 0. The molecule has 9 nitrogen and oxygen atoms in total. The summed E-state index contributed by atoms with van der Waals surface area (Å²) in [6.07, 6.45) is 8.33. The summed E-state index contributed by atoms with van der Waals surface area (Å²) < 4.78 is 0. The summed E-state index contributed by atoms with van der Waals surface area (Å²) in [5.74, 6) is 0.603. The van der Waals surface area contributed by atoms with Crippen LogP contribution in [0.5, 0.6) is 0 Å². The van der Waals surface area contributed by atoms with E-state index < -0.39 is 0 Å². The van der Waals surface area contributed by atoms with E-state index in [4.69, 9.17) is 9.97 Å². The van der Waals surface area contributed by atoms with Crippen molar-refractivity contribution in [1.29, 1.82) is 0 Å². The molecule has 5 rings (SSSR count). The predicted octanol–water partition coefficient (Wildman–Crippen LogP) is 4.05. The Hall–Kier alpha value is -4.53. The third kappa shape index (κ3) is 3.38. The molecule has 0 saturated heterocycles. The van der Waals surface area contributed by atoms with Gasteiger partial charge < -0.3 is 4.98 Å². The topological polar surface area (TPSA) is 121 Å². The van der Waals surface area contributed by atoms with Crippen molar-refractivity contribution in [3.05, 3.63) is 60.8 Å². The van der Waals surface area contributed by atoms with Gasteiger partial charge in [0.1, 0.15) is 17.4 Å². The van der Waals surface area contributed by atoms with E-state index in [-0.39, 0.29) is 0 Å². The zero-order chi connectivity index (χ0) is 21.2. The molecule has 0 amide bonds. The van der Waals surface area contributed by atoms with Gasteiger partial charge in [0.15, 0.2) is 11.5 Å². The van der Waals surface area contributed by atoms with E-state index in [1.165, 1.54) is 6.34 Å². The minimum Gasteiger partial charge on any atom is -0.335 e. The standard InChI is InChI=1S/C22H17N9/c1-13(9-25-12-23-2)15-6-7-17-20(27-15)21(31-30-17)22-28-18-11-24-10-14(19(18)29-22)16-5-3-4-8-26-16/h3-12H,2H2,1H3,(H,28,29)(H,30,31)/b13-9+,25-12?. The highest BCUT2D eigenvalue weighted by Crippen LogP contribution is 2.29. The fourth-order valence-electron chi connectivity index (χ4n) is 3.30. The number of hydrogen-bond acceptors (Lipinski definition) is 6. The first-order valence-electron chi connectivity index (χ1n) is 9.50. The quantitative estimate of drug-likeness (QED) is 0.336. The molecule has 0 spiro atoms. The van der Waals surface area contributed by atoms with Crippen molar-refractivity contribution in [3.8, 4) is 22.8 Å². The minimum absolute atomic E-state index is 0.603. The van der Waals surface area contributed by atoms with E-state index in [2.05, 4.69) is 41.9 Å². The average molecular weight is 407 g/mol. The second-order valence-electron chi connectivity index (χ2n) is 6.81. The Bertz CT molecular complexity index is 1460. The van der Waals surface area contributed by atoms with Crippen molar-refractivity contribution >= 4 is 40.7 Å². The van der Waals surface area contributed by atoms with Crippen LogP contribution in [0.2, 0.25) is 0 Å². The maximum absolute atomic E-state index is 4.80. The molecular weight excluding hydrogens is 390 g/mol. The van der Waals surface area contributed by atoms with Gasteiger partial charge in [-0.2, -0.15) is 5.10 Å². The summed E-state index contributed by atoms with van der Waals surface area (Å²) in [5.41, 5.74) is 7.05. The Morgan fingerprint density at radius 1 is 1.06 bits per heavy atom. The summed E-state index contributed by atoms with van der Waals surface area (Å²) in [6, 6.07) is 9.59. The van der Waals surface area contributed by atoms with E-state index in [9.17, 15) is 0 Å². The molecule has 0 radical (unpaired) electrons. The van der Waals surface area contributed by atoms with Crippen LogP contribution >= 0.6 is 0 Å². The van der Waals surface area contributed by atoms with E-state index in [0.717, 1.165) is 39.1 Å². The molecule has 5 aromatic rings. The first-order valence-corrected chi connectivity index (χ1v) is 9.50. The van der Waals surface area contributed by atoms with Crippen molar-refractivity contribution in [1.82, 2.24) is 35.1 Å². The second kappa shape index (κ2) is 7.71. The molecule has 0 aliphatic carbocycles. The lowest BCUT2D eigenvalue weighted by atomic mass is 10.1. The Morgan fingerprint density at radius 3 is 2.84 bits per heavy atom. The van der Waals surface area contributed by atoms with Crippen LogP contribution in [-0.4, -0.2) is 48.2 Å². The third-order valence-electron chi connectivity index (χ3n) is 4.79. The average Bonchev–Trinajstić information content (AvgIpc) is 3.43. The SMILES string of the molecule is C=NC=N/C=C(\C)c1ccc2[nH]nc(-c3nc4c(-c5ccccn5)cncc4[nH]3)c2n1. The van der Waals surface area contributed by atoms with Gasteiger partial charge in [-0.25, -0.2) is 15.0 Å². The fraction of sp³-hybridized carbons (Fsp3) is 0.0455. The highest BCUT2D eigenvalue weighted by Gasteiger charge is 2.17. The smallest absolute Gasteiger partial charge is 0.161 e. The van der Waals surface area contributed by atoms with Crippen molar-refractivity contribution in [2.45, 2.75) is 6.92 Å². The summed E-state index contributed by atoms with van der Waals surface area (Å²) in [4.78, 5) is 29.3. The van der Waals surface area contributed by atoms with Crippen molar-refractivity contribution < 1.29 is 0 Å². The summed E-state index contributed by atoms with van der Waals surface area (Å²) in [6.45, 7) is 5.31. The molecular formula is C22H17N9. The molecule has 0 unspecified atom stereocenters. The monoisotopic (exact) mass is 407 g/mol. The summed E-state index contributed by atoms with van der Waals surface area (Å²) >= 11 is 0. The minimum atomic E-state index is 0.603. The normalized spacial score (nSPS) is 12.2. The van der Waals surface area contributed by atoms with Gasteiger partial charge in [-0.15, -0.1) is 0 Å². The zero-order valence-electron chi connectivity index (χ0n) is 16.6. The number of H-pyrrole nitrogens is 2. The molecule has 150 valence electrons. The number of nitrogens with one attached hydrogen (secondary N) is 2. The second-order valence-corrected chi connectivity index (χ2v) is 6.81. The zero-order valence-corrected chi connectivity index (χ0v) is 16.6. The number of aromatic nitrogens is 7. The van der Waals surface area contributed by atoms with Crippen LogP contribution in [0.3, 0.4) is 0 Å². The van der Waals surface area contributed by atoms with Crippen molar-refractivity contribution in [3.63, 3.8) is 0 Å². The van der Waals surface area contributed by atoms with E-state index >= 15 is 0 Å². The third-order valence-corrected chi connectivity index (χ3v) is 4.79. The maximum Gasteiger partial charge on any atom is 0.161 e. The number of allylic oxidation sites excluding steroid dienone is 1. The molecule has 2 N–H and O–H groups in total. The molecule has 31 heavy (non-hydrogen) atoms. The predicted molar refractivity (Wildman–Crippen MR) is 122 cm³/mol. The van der Waals surface area contributed by atoms with E-state index in [0.29, 0.717) is 17.0 Å². The van der Waals surface area contributed by atoms with Gasteiger partial charge in [0.05, 0.1) is 28.6 Å². The lowest BCUT2D eigenvalue weighted by Gasteiger charge is -2.00. The van der Waals surface area contributed by atoms with Gasteiger partial charge in [-0.3, -0.25) is 20.1 Å². The Labute approximate surface area is 176 Å². The lowest BCUT2D eigenvalue weighted by Crippen LogP contribution is -1.88. The van der Waals surface area contributed by atoms with E-state index in [1.807, 2.05) is 37.3 Å². The largest absolute Gasteiger partial charge is 0.335 e. The molecule has 0 aliphatic heterocycles. The van der Waals surface area contributed by atoms with Crippen molar-refractivity contribution in [2.24, 2.45) is 9.98 Å². The number of aliphatic imine (C=N–C) groups is 2. The van der Waals surface area contributed by atoms with Crippen LogP contribution in [0.25, 0.3) is 50.4 Å². The number of pyridine rings is 3. The Kier molecular flexibility index (Phi) is 4.60. The number of nitrogens with zero attached hydrogens (tertiary/aromatic N) is 7. The molecule has 0 bridgehead atoms. The Balaban J connectivity index is 1.63. The molecule has 0 aliphatic rings. The fourth-order valence-corrected chi connectivity index (χ4v) is 3.30. The van der Waals surface area contributed by atoms with Gasteiger partial charge >= 0.3 is 0 Å². The molecule has 0 aromatic carbocycles. The maximum atomic E-state index is 4.80. The van der Waals surface area contributed by atoms with Crippen LogP contribution in [0.4, 0.5) is 0 Å². The molecule has 0 saturated carbocycles. The summed E-state index contributed by atoms with van der Waals surface area (Å²) in [5, 5.41) is 7.47. The number of hydrogen-bond donors (Lipinski definition) is 2. The first kappa shape index (κ1) is 18.5. The first-order chi connectivity index (χ1) is 15.2. The van der Waals surface area contributed by atoms with Crippen LogP contribution in [0.15, 0.2) is 65.1 Å². The van der Waals surface area contributed by atoms with Gasteiger partial charge in [-0.05, 0) is 43.5 Å². The van der Waals surface area contributed by atoms with Crippen LogP contribution in [0, 0.1) is 0 Å². The van der Waals surface area contributed by atoms with Crippen LogP contribution in [-0.2, 0) is 0 Å². The van der Waals surface area contributed by atoms with Gasteiger partial charge in [0, 0.05) is 24.2 Å². The molecule has 9 heteroatoms. The van der Waals surface area contributed by atoms with Crippen LogP contribution < -0.4 is 0 Å². The van der Waals surface area contributed by atoms with Gasteiger partial charge in [0.2, 0.25) is 0 Å².